The van der Waals surface area contributed by atoms with E-state index < -0.39 is 0 Å². The molecule has 0 spiro atoms. The lowest BCUT2D eigenvalue weighted by atomic mass is 10.2. The van der Waals surface area contributed by atoms with Gasteiger partial charge in [0.25, 0.3) is 0 Å². The van der Waals surface area contributed by atoms with Crippen LogP contribution in [0.15, 0.2) is 26.8 Å². The van der Waals surface area contributed by atoms with Gasteiger partial charge in [-0.15, -0.1) is 0 Å². The summed E-state index contributed by atoms with van der Waals surface area (Å²) in [5, 5.41) is 3.39. The van der Waals surface area contributed by atoms with Crippen LogP contribution in [0.4, 0.5) is 0 Å². The summed E-state index contributed by atoms with van der Waals surface area (Å²) < 4.78 is 6.32. The summed E-state index contributed by atoms with van der Waals surface area (Å²) in [5.41, 5.74) is 1.27. The fraction of sp³-hybridized carbons (Fsp3) is 0.500. The minimum Gasteiger partial charge on any atom is -0.464 e. The highest BCUT2D eigenvalue weighted by atomic mass is 79.9. The summed E-state index contributed by atoms with van der Waals surface area (Å²) in [5.74, 6) is 1.58. The van der Waals surface area contributed by atoms with Crippen LogP contribution in [0.1, 0.15) is 26.5 Å². The standard InChI is InChI=1S/C12H18BrNO/c1-9(2)7-14-8-10(3)6-12-11(13)4-5-15-12/h4-6,9,14H,7-8H2,1-3H3/b10-6+. The highest BCUT2D eigenvalue weighted by Crippen LogP contribution is 2.20. The van der Waals surface area contributed by atoms with Crippen LogP contribution in [0, 0.1) is 5.92 Å². The van der Waals surface area contributed by atoms with Crippen LogP contribution in [0.5, 0.6) is 0 Å². The third-order valence-electron chi connectivity index (χ3n) is 1.98. The molecule has 0 aliphatic carbocycles. The molecule has 1 aromatic rings. The Balaban J connectivity index is 2.43. The molecule has 0 amide bonds. The van der Waals surface area contributed by atoms with Crippen molar-refractivity contribution in [1.29, 1.82) is 0 Å². The van der Waals surface area contributed by atoms with Gasteiger partial charge in [-0.3, -0.25) is 0 Å². The summed E-state index contributed by atoms with van der Waals surface area (Å²) in [6, 6.07) is 1.90. The van der Waals surface area contributed by atoms with E-state index in [1.54, 1.807) is 6.26 Å². The fourth-order valence-electron chi connectivity index (χ4n) is 1.24. The molecule has 3 heteroatoms. The smallest absolute Gasteiger partial charge is 0.140 e. The maximum atomic E-state index is 5.31. The molecule has 0 atom stereocenters. The van der Waals surface area contributed by atoms with Gasteiger partial charge in [0.1, 0.15) is 5.76 Å². The maximum Gasteiger partial charge on any atom is 0.140 e. The average Bonchev–Trinajstić information content (AvgIpc) is 2.51. The van der Waals surface area contributed by atoms with Crippen molar-refractivity contribution in [3.05, 3.63) is 28.1 Å². The highest BCUT2D eigenvalue weighted by Gasteiger charge is 2.00. The topological polar surface area (TPSA) is 25.2 Å². The largest absolute Gasteiger partial charge is 0.464 e. The van der Waals surface area contributed by atoms with Crippen LogP contribution >= 0.6 is 15.9 Å². The second kappa shape index (κ2) is 6.13. The van der Waals surface area contributed by atoms with E-state index in [0.29, 0.717) is 5.92 Å². The molecule has 0 saturated carbocycles. The first-order chi connectivity index (χ1) is 7.09. The van der Waals surface area contributed by atoms with E-state index in [4.69, 9.17) is 4.42 Å². The summed E-state index contributed by atoms with van der Waals surface area (Å²) in [6.07, 6.45) is 3.74. The van der Waals surface area contributed by atoms with E-state index in [9.17, 15) is 0 Å². The summed E-state index contributed by atoms with van der Waals surface area (Å²) in [7, 11) is 0. The first-order valence-corrected chi connectivity index (χ1v) is 5.99. The van der Waals surface area contributed by atoms with Crippen molar-refractivity contribution in [1.82, 2.24) is 5.32 Å². The quantitative estimate of drug-likeness (QED) is 0.884. The van der Waals surface area contributed by atoms with Gasteiger partial charge >= 0.3 is 0 Å². The molecule has 1 aromatic heterocycles. The number of halogens is 1. The van der Waals surface area contributed by atoms with Gasteiger partial charge in [-0.1, -0.05) is 19.4 Å². The minimum atomic E-state index is 0.688. The predicted octanol–water partition coefficient (Wildman–Crippen LogP) is 3.69. The van der Waals surface area contributed by atoms with Crippen molar-refractivity contribution >= 4 is 22.0 Å². The summed E-state index contributed by atoms with van der Waals surface area (Å²) in [4.78, 5) is 0. The lowest BCUT2D eigenvalue weighted by Crippen LogP contribution is -2.21. The second-order valence-corrected chi connectivity index (χ2v) is 5.00. The molecular formula is C12H18BrNO. The van der Waals surface area contributed by atoms with Crippen LogP contribution in [0.3, 0.4) is 0 Å². The summed E-state index contributed by atoms with van der Waals surface area (Å²) in [6.45, 7) is 8.46. The molecule has 0 radical (unpaired) electrons. The molecule has 0 aromatic carbocycles. The Labute approximate surface area is 99.9 Å². The van der Waals surface area contributed by atoms with Crippen molar-refractivity contribution in [2.24, 2.45) is 5.92 Å². The predicted molar refractivity (Wildman–Crippen MR) is 67.8 cm³/mol. The van der Waals surface area contributed by atoms with Crippen molar-refractivity contribution in [3.63, 3.8) is 0 Å². The van der Waals surface area contributed by atoms with Gasteiger partial charge in [-0.05, 0) is 47.5 Å². The highest BCUT2D eigenvalue weighted by molar-refractivity contribution is 9.10. The number of hydrogen-bond donors (Lipinski definition) is 1. The summed E-state index contributed by atoms with van der Waals surface area (Å²) >= 11 is 3.43. The molecule has 0 unspecified atom stereocenters. The molecule has 2 nitrogen and oxygen atoms in total. The van der Waals surface area contributed by atoms with E-state index in [2.05, 4.69) is 48.1 Å². The van der Waals surface area contributed by atoms with Gasteiger partial charge < -0.3 is 9.73 Å². The zero-order valence-corrected chi connectivity index (χ0v) is 11.1. The number of nitrogens with one attached hydrogen (secondary N) is 1. The molecule has 0 bridgehead atoms. The number of furan rings is 1. The third-order valence-corrected chi connectivity index (χ3v) is 2.63. The van der Waals surface area contributed by atoms with Crippen molar-refractivity contribution in [2.45, 2.75) is 20.8 Å². The Morgan fingerprint density at radius 1 is 1.60 bits per heavy atom. The second-order valence-electron chi connectivity index (χ2n) is 4.15. The maximum absolute atomic E-state index is 5.31. The molecule has 0 saturated heterocycles. The Hall–Kier alpha value is -0.540. The van der Waals surface area contributed by atoms with E-state index in [1.165, 1.54) is 5.57 Å². The normalized spacial score (nSPS) is 12.5. The van der Waals surface area contributed by atoms with E-state index in [-0.39, 0.29) is 0 Å². The van der Waals surface area contributed by atoms with E-state index >= 15 is 0 Å². The number of rotatable bonds is 5. The zero-order chi connectivity index (χ0) is 11.3. The first kappa shape index (κ1) is 12.5. The van der Waals surface area contributed by atoms with Gasteiger partial charge in [0.2, 0.25) is 0 Å². The first-order valence-electron chi connectivity index (χ1n) is 5.20. The van der Waals surface area contributed by atoms with Gasteiger partial charge in [0.05, 0.1) is 10.7 Å². The van der Waals surface area contributed by atoms with Gasteiger partial charge in [0, 0.05) is 6.54 Å². The molecular weight excluding hydrogens is 254 g/mol. The van der Waals surface area contributed by atoms with Crippen LogP contribution in [-0.4, -0.2) is 13.1 Å². The minimum absolute atomic E-state index is 0.688. The lowest BCUT2D eigenvalue weighted by molar-refractivity contribution is 0.553. The molecule has 0 aliphatic rings. The molecule has 1 N–H and O–H groups in total. The monoisotopic (exact) mass is 271 g/mol. The van der Waals surface area contributed by atoms with Crippen LogP contribution in [0.25, 0.3) is 6.08 Å². The molecule has 15 heavy (non-hydrogen) atoms. The molecule has 0 aliphatic heterocycles. The lowest BCUT2D eigenvalue weighted by Gasteiger charge is -2.07. The number of hydrogen-bond acceptors (Lipinski definition) is 2. The van der Waals surface area contributed by atoms with Gasteiger partial charge in [0.15, 0.2) is 0 Å². The molecule has 1 heterocycles. The Morgan fingerprint density at radius 2 is 2.33 bits per heavy atom. The van der Waals surface area contributed by atoms with E-state index in [0.717, 1.165) is 23.3 Å². The molecule has 84 valence electrons. The third kappa shape index (κ3) is 4.67. The van der Waals surface area contributed by atoms with Crippen molar-refractivity contribution in [2.75, 3.05) is 13.1 Å². The van der Waals surface area contributed by atoms with Crippen LogP contribution < -0.4 is 5.32 Å². The molecule has 0 fully saturated rings. The fourth-order valence-corrected chi connectivity index (χ4v) is 1.56. The zero-order valence-electron chi connectivity index (χ0n) is 9.51. The molecule has 1 rings (SSSR count). The van der Waals surface area contributed by atoms with Crippen molar-refractivity contribution in [3.8, 4) is 0 Å². The SMILES string of the molecule is C/C(=C\c1occc1Br)CNCC(C)C. The Bertz CT molecular complexity index is 328. The Kier molecular flexibility index (Phi) is 5.12. The average molecular weight is 272 g/mol. The van der Waals surface area contributed by atoms with Crippen molar-refractivity contribution < 1.29 is 4.42 Å². The Morgan fingerprint density at radius 3 is 2.87 bits per heavy atom. The van der Waals surface area contributed by atoms with Crippen LogP contribution in [0.2, 0.25) is 0 Å². The van der Waals surface area contributed by atoms with Crippen LogP contribution in [-0.2, 0) is 0 Å². The van der Waals surface area contributed by atoms with E-state index in [1.807, 2.05) is 6.07 Å². The van der Waals surface area contributed by atoms with Gasteiger partial charge in [-0.25, -0.2) is 0 Å². The van der Waals surface area contributed by atoms with Gasteiger partial charge in [-0.2, -0.15) is 0 Å².